The molecule has 0 aliphatic carbocycles. The summed E-state index contributed by atoms with van der Waals surface area (Å²) in [5.74, 6) is -0.685. The van der Waals surface area contributed by atoms with Gasteiger partial charge in [-0.2, -0.15) is 0 Å². The first kappa shape index (κ1) is 15.3. The molecular weight excluding hydrogens is 339 g/mol. The van der Waals surface area contributed by atoms with Gasteiger partial charge in [0.25, 0.3) is 0 Å². The minimum atomic E-state index is -5.13. The van der Waals surface area contributed by atoms with E-state index in [0.717, 1.165) is 23.1 Å². The number of anilines is 2. The molecule has 1 heterocycles. The molecule has 3 N–H and O–H groups in total. The van der Waals surface area contributed by atoms with E-state index in [4.69, 9.17) is 0 Å². The predicted molar refractivity (Wildman–Crippen MR) is 75.7 cm³/mol. The molecule has 0 spiro atoms. The van der Waals surface area contributed by atoms with Crippen molar-refractivity contribution < 1.29 is 21.8 Å². The van der Waals surface area contributed by atoms with Crippen molar-refractivity contribution >= 4 is 35.8 Å². The van der Waals surface area contributed by atoms with Crippen molar-refractivity contribution in [3.05, 3.63) is 42.7 Å². The second-order valence-electron chi connectivity index (χ2n) is 4.28. The zero-order valence-corrected chi connectivity index (χ0v) is 12.9. The number of benzene rings is 1. The molecule has 1 aromatic carbocycles. The Kier molecular flexibility index (Phi) is 4.18. The molecule has 2 rings (SSSR count). The topological polar surface area (TPSA) is 111 Å². The van der Waals surface area contributed by atoms with Gasteiger partial charge in [-0.25, -0.2) is 0 Å². The van der Waals surface area contributed by atoms with Gasteiger partial charge in [-0.15, -0.1) is 0 Å². The fraction of sp³-hybridized carbons (Fsp3) is 0.0769. The fourth-order valence-electron chi connectivity index (χ4n) is 1.85. The molecule has 0 aliphatic rings. The van der Waals surface area contributed by atoms with Crippen molar-refractivity contribution in [3.8, 4) is 5.75 Å². The van der Waals surface area contributed by atoms with E-state index in [9.17, 15) is 21.8 Å². The molecule has 1 aromatic heterocycles. The molecule has 21 heavy (non-hydrogen) atoms. The average molecular weight is 352 g/mol. The van der Waals surface area contributed by atoms with Gasteiger partial charge in [0, 0.05) is 0 Å². The van der Waals surface area contributed by atoms with Crippen molar-refractivity contribution in [1.82, 2.24) is 4.98 Å². The number of hydrogen-bond acceptors (Lipinski definition) is 4. The van der Waals surface area contributed by atoms with E-state index >= 15 is 0 Å². The molecule has 0 aliphatic heterocycles. The molecule has 0 bridgehead atoms. The van der Waals surface area contributed by atoms with Gasteiger partial charge < -0.3 is 0 Å². The molecule has 8 heteroatoms. The third-order valence-corrected chi connectivity index (χ3v) is 4.75. The van der Waals surface area contributed by atoms with Crippen LogP contribution < -0.4 is 9.25 Å². The van der Waals surface area contributed by atoms with E-state index in [-0.39, 0.29) is 15.8 Å². The second kappa shape index (κ2) is 5.73. The van der Waals surface area contributed by atoms with Crippen LogP contribution in [0.25, 0.3) is 0 Å². The molecule has 110 valence electrons. The fourth-order valence-corrected chi connectivity index (χ4v) is 3.02. The van der Waals surface area contributed by atoms with Crippen LogP contribution in [0.2, 0.25) is 0 Å². The van der Waals surface area contributed by atoms with E-state index in [1.807, 2.05) is 0 Å². The molecule has 0 fully saturated rings. The van der Waals surface area contributed by atoms with Gasteiger partial charge in [0.2, 0.25) is 0 Å². The van der Waals surface area contributed by atoms with Gasteiger partial charge in [-0.3, -0.25) is 0 Å². The van der Waals surface area contributed by atoms with Gasteiger partial charge in [-0.05, 0) is 0 Å². The second-order valence-corrected chi connectivity index (χ2v) is 7.65. The Balaban J connectivity index is 2.61. The zero-order valence-electron chi connectivity index (χ0n) is 11.0. The van der Waals surface area contributed by atoms with Gasteiger partial charge in [0.05, 0.1) is 0 Å². The molecule has 0 atom stereocenters. The summed E-state index contributed by atoms with van der Waals surface area (Å²) in [5.41, 5.74) is 0.383. The summed E-state index contributed by atoms with van der Waals surface area (Å²) in [6.45, 7) is 1.28. The van der Waals surface area contributed by atoms with Crippen molar-refractivity contribution in [2.45, 2.75) is 6.92 Å². The number of carbonyl (C=O) groups excluding carboxylic acids is 1. The number of phenolic OH excluding ortho intramolecular Hbond substituents is 1. The van der Waals surface area contributed by atoms with E-state index < -0.39 is 20.1 Å². The van der Waals surface area contributed by atoms with E-state index in [0.29, 0.717) is 5.69 Å². The van der Waals surface area contributed by atoms with Crippen LogP contribution in [0, 0.1) is 0 Å². The zero-order chi connectivity index (χ0) is 15.6. The maximum atomic E-state index is 11.9. The normalized spacial score (nSPS) is 11.2. The number of amides is 1. The Hall–Kier alpha value is -2.08. The van der Waals surface area contributed by atoms with Crippen LogP contribution in [0.4, 0.5) is 11.4 Å². The summed E-state index contributed by atoms with van der Waals surface area (Å²) in [5, 5.41) is 9.92. The summed E-state index contributed by atoms with van der Waals surface area (Å²) in [4.78, 5) is 16.9. The first-order chi connectivity index (χ1) is 9.80. The number of aromatic nitrogens is 1. The van der Waals surface area contributed by atoms with Crippen LogP contribution in [-0.2, 0) is 8.53 Å². The molecule has 0 saturated carbocycles. The van der Waals surface area contributed by atoms with E-state index in [1.54, 1.807) is 12.1 Å². The summed E-state index contributed by atoms with van der Waals surface area (Å²) < 4.78 is 29.7. The molecule has 0 saturated heterocycles. The summed E-state index contributed by atoms with van der Waals surface area (Å²) in [6, 6.07) is 6.61. The number of carbonyl (C=O) groups is 1. The monoisotopic (exact) mass is 352 g/mol. The Bertz CT molecular complexity index is 714. The maximum absolute atomic E-state index is 11.9. The molecule has 1 amide bonds. The average Bonchev–Trinajstić information content (AvgIpc) is 2.40. The number of hydrogen-bond donors (Lipinski definition) is 3. The van der Waals surface area contributed by atoms with Gasteiger partial charge in [-0.1, -0.05) is 0 Å². The molecule has 2 aromatic rings. The SMILES string of the molecule is CC(=O)N(c1cccnc1)c1cc([As](=O)(O)O)ccc1O. The third kappa shape index (κ3) is 3.33. The summed E-state index contributed by atoms with van der Waals surface area (Å²) in [7, 11) is 0. The predicted octanol–water partition coefficient (Wildman–Crippen LogP) is 0.0328. The Morgan fingerprint density at radius 3 is 2.52 bits per heavy atom. The number of rotatable bonds is 3. The molecule has 0 radical (unpaired) electrons. The molecular formula is C13H13AsN2O5. The van der Waals surface area contributed by atoms with E-state index in [2.05, 4.69) is 4.98 Å². The minimum absolute atomic E-state index is 0.00210. The Labute approximate surface area is 123 Å². The van der Waals surface area contributed by atoms with Gasteiger partial charge in [0.15, 0.2) is 0 Å². The van der Waals surface area contributed by atoms with Gasteiger partial charge in [0.1, 0.15) is 0 Å². The first-order valence-electron chi connectivity index (χ1n) is 5.90. The Morgan fingerprint density at radius 1 is 1.29 bits per heavy atom. The van der Waals surface area contributed by atoms with Crippen molar-refractivity contribution in [2.24, 2.45) is 0 Å². The third-order valence-electron chi connectivity index (χ3n) is 2.76. The van der Waals surface area contributed by atoms with Crippen molar-refractivity contribution in [3.63, 3.8) is 0 Å². The molecule has 7 nitrogen and oxygen atoms in total. The van der Waals surface area contributed by atoms with Gasteiger partial charge >= 0.3 is 123 Å². The first-order valence-corrected chi connectivity index (χ1v) is 9.29. The van der Waals surface area contributed by atoms with Crippen molar-refractivity contribution in [2.75, 3.05) is 4.90 Å². The van der Waals surface area contributed by atoms with Crippen LogP contribution in [-0.4, -0.2) is 38.4 Å². The number of pyridine rings is 1. The van der Waals surface area contributed by atoms with Crippen LogP contribution in [0.5, 0.6) is 5.75 Å². The van der Waals surface area contributed by atoms with E-state index in [1.165, 1.54) is 19.3 Å². The van der Waals surface area contributed by atoms with Crippen LogP contribution >= 0.6 is 0 Å². The Morgan fingerprint density at radius 2 is 2.00 bits per heavy atom. The standard InChI is InChI=1S/C13H13AsN2O5/c1-9(17)16(11-3-2-6-15-8-11)12-7-10(14(19,20)21)4-5-13(12)18/h2-8,18H,1H3,(H2,19,20,21). The van der Waals surface area contributed by atoms with Crippen LogP contribution in [0.3, 0.4) is 0 Å². The quantitative estimate of drug-likeness (QED) is 0.673. The number of aromatic hydroxyl groups is 1. The van der Waals surface area contributed by atoms with Crippen LogP contribution in [0.15, 0.2) is 42.7 Å². The van der Waals surface area contributed by atoms with Crippen LogP contribution in [0.1, 0.15) is 6.92 Å². The molecule has 0 unspecified atom stereocenters. The summed E-state index contributed by atoms with van der Waals surface area (Å²) >= 11 is -5.13. The summed E-state index contributed by atoms with van der Waals surface area (Å²) in [6.07, 6.45) is 2.94. The number of nitrogens with zero attached hydrogens (tertiary/aromatic N) is 2. The number of phenols is 1. The van der Waals surface area contributed by atoms with Crippen molar-refractivity contribution in [1.29, 1.82) is 0 Å².